The van der Waals surface area contributed by atoms with Crippen LogP contribution in [0.2, 0.25) is 0 Å². The van der Waals surface area contributed by atoms with Gasteiger partial charge in [0, 0.05) is 29.8 Å². The highest BCUT2D eigenvalue weighted by molar-refractivity contribution is 8.72. The van der Waals surface area contributed by atoms with E-state index in [9.17, 15) is 16.8 Å². The van der Waals surface area contributed by atoms with E-state index in [2.05, 4.69) is 0 Å². The Kier molecular flexibility index (Phi) is 15.6. The van der Waals surface area contributed by atoms with Gasteiger partial charge in [0.15, 0.2) is 0 Å². The summed E-state index contributed by atoms with van der Waals surface area (Å²) in [5.41, 5.74) is 1.07. The second-order valence-electron chi connectivity index (χ2n) is 9.52. The number of hydrogen-bond acceptors (Lipinski definition) is 7. The lowest BCUT2D eigenvalue weighted by molar-refractivity contribution is 0.161. The summed E-state index contributed by atoms with van der Waals surface area (Å²) in [6.45, 7) is 1.96. The second kappa shape index (κ2) is 17.2. The van der Waals surface area contributed by atoms with E-state index in [1.165, 1.54) is 32.1 Å². The third-order valence-electron chi connectivity index (χ3n) is 6.78. The van der Waals surface area contributed by atoms with Crippen molar-refractivity contribution in [2.24, 2.45) is 17.8 Å². The molecule has 35 heavy (non-hydrogen) atoms. The van der Waals surface area contributed by atoms with Gasteiger partial charge in [-0.2, -0.15) is 0 Å². The molecular weight excluding hydrogens is 557 g/mol. The molecule has 1 saturated carbocycles. The zero-order chi connectivity index (χ0) is 25.7. The van der Waals surface area contributed by atoms with E-state index in [1.54, 1.807) is 46.2 Å². The molecule has 0 aromatic heterocycles. The van der Waals surface area contributed by atoms with Crippen molar-refractivity contribution in [2.75, 3.05) is 29.8 Å². The van der Waals surface area contributed by atoms with Crippen LogP contribution in [-0.4, -0.2) is 46.6 Å². The molecule has 10 heteroatoms. The van der Waals surface area contributed by atoms with Crippen LogP contribution in [-0.2, 0) is 28.5 Å². The van der Waals surface area contributed by atoms with Crippen molar-refractivity contribution < 1.29 is 16.8 Å². The van der Waals surface area contributed by atoms with Gasteiger partial charge in [-0.15, -0.1) is 0 Å². The summed E-state index contributed by atoms with van der Waals surface area (Å²) in [6, 6.07) is 7.09. The fourth-order valence-electron chi connectivity index (χ4n) is 4.87. The van der Waals surface area contributed by atoms with Crippen LogP contribution in [0.1, 0.15) is 69.8 Å². The molecule has 5 unspecified atom stereocenters. The monoisotopic (exact) mass is 598 g/mol. The summed E-state index contributed by atoms with van der Waals surface area (Å²) in [4.78, 5) is 0.404. The lowest BCUT2D eigenvalue weighted by atomic mass is 9.70. The van der Waals surface area contributed by atoms with E-state index in [4.69, 9.17) is 0 Å². The maximum absolute atomic E-state index is 12.5. The Bertz CT molecular complexity index is 888. The van der Waals surface area contributed by atoms with Crippen LogP contribution in [0.4, 0.5) is 0 Å². The van der Waals surface area contributed by atoms with Crippen LogP contribution in [0.25, 0.3) is 0 Å². The average Bonchev–Trinajstić information content (AvgIpc) is 2.79. The smallest absolute Gasteiger partial charge is 0.229 e. The molecule has 2 rings (SSSR count). The average molecular weight is 599 g/mol. The van der Waals surface area contributed by atoms with Crippen molar-refractivity contribution >= 4 is 60.9 Å². The molecule has 1 fully saturated rings. The molecule has 1 aliphatic rings. The first-order valence-electron chi connectivity index (χ1n) is 12.6. The number of aryl methyl sites for hydroxylation is 1. The van der Waals surface area contributed by atoms with Gasteiger partial charge in [-0.3, -0.25) is 0 Å². The second-order valence-corrected chi connectivity index (χ2v) is 20.7. The van der Waals surface area contributed by atoms with Gasteiger partial charge in [-0.25, -0.2) is 16.8 Å². The molecule has 0 N–H and O–H groups in total. The predicted molar refractivity (Wildman–Crippen MR) is 161 cm³/mol. The maximum Gasteiger partial charge on any atom is 0.229 e. The SMILES string of the molecule is Cc1ccc(S(=O)(=O)SCCCCCCC2CCC(CCSS(C)=O)CC2CCSS(C)=O)cc1. The molecule has 0 saturated heterocycles. The van der Waals surface area contributed by atoms with E-state index in [0.717, 1.165) is 71.8 Å². The Labute approximate surface area is 229 Å². The first-order chi connectivity index (χ1) is 16.7. The Morgan fingerprint density at radius 1 is 0.800 bits per heavy atom. The number of rotatable bonds is 17. The van der Waals surface area contributed by atoms with Crippen molar-refractivity contribution in [3.8, 4) is 0 Å². The van der Waals surface area contributed by atoms with Gasteiger partial charge in [0.25, 0.3) is 0 Å². The molecule has 0 aliphatic heterocycles. The van der Waals surface area contributed by atoms with Gasteiger partial charge >= 0.3 is 0 Å². The highest BCUT2D eigenvalue weighted by atomic mass is 33.1. The normalized spacial score (nSPS) is 22.7. The minimum absolute atomic E-state index is 0.404. The fourth-order valence-corrected chi connectivity index (χ4v) is 11.1. The first-order valence-corrected chi connectivity index (χ1v) is 21.7. The van der Waals surface area contributed by atoms with Crippen LogP contribution < -0.4 is 0 Å². The Morgan fingerprint density at radius 2 is 1.43 bits per heavy atom. The van der Waals surface area contributed by atoms with Gasteiger partial charge in [0.05, 0.1) is 24.6 Å². The van der Waals surface area contributed by atoms with E-state index < -0.39 is 28.5 Å². The molecule has 1 aliphatic carbocycles. The molecule has 0 spiro atoms. The Hall–Kier alpha value is 0.520. The van der Waals surface area contributed by atoms with Crippen LogP contribution in [0.15, 0.2) is 29.2 Å². The highest BCUT2D eigenvalue weighted by Gasteiger charge is 2.29. The summed E-state index contributed by atoms with van der Waals surface area (Å²) in [6.07, 6.45) is 15.3. The number of unbranched alkanes of at least 4 members (excludes halogenated alkanes) is 3. The molecule has 1 aromatic rings. The van der Waals surface area contributed by atoms with Crippen molar-refractivity contribution in [3.05, 3.63) is 29.8 Å². The van der Waals surface area contributed by atoms with Crippen molar-refractivity contribution in [3.63, 3.8) is 0 Å². The minimum Gasteiger partial charge on any atom is -0.248 e. The van der Waals surface area contributed by atoms with Gasteiger partial charge < -0.3 is 0 Å². The maximum atomic E-state index is 12.5. The van der Waals surface area contributed by atoms with E-state index in [-0.39, 0.29) is 0 Å². The molecule has 0 heterocycles. The van der Waals surface area contributed by atoms with Crippen molar-refractivity contribution in [2.45, 2.75) is 76.0 Å². The molecular formula is C25H42O4S6. The van der Waals surface area contributed by atoms with Crippen LogP contribution >= 0.6 is 32.4 Å². The molecule has 5 atom stereocenters. The summed E-state index contributed by atoms with van der Waals surface area (Å²) in [5, 5.41) is 0. The van der Waals surface area contributed by atoms with Crippen molar-refractivity contribution in [1.82, 2.24) is 0 Å². The summed E-state index contributed by atoms with van der Waals surface area (Å²) in [7, 11) is -0.628. The molecule has 0 amide bonds. The number of benzene rings is 1. The van der Waals surface area contributed by atoms with Crippen LogP contribution in [0, 0.1) is 24.7 Å². The molecule has 0 bridgehead atoms. The highest BCUT2D eigenvalue weighted by Crippen LogP contribution is 2.41. The van der Waals surface area contributed by atoms with Gasteiger partial charge in [-0.05, 0) is 79.7 Å². The summed E-state index contributed by atoms with van der Waals surface area (Å²) < 4.78 is 47.8. The number of hydrogen-bond donors (Lipinski definition) is 0. The minimum atomic E-state index is -3.25. The summed E-state index contributed by atoms with van der Waals surface area (Å²) in [5.74, 6) is 4.79. The predicted octanol–water partition coefficient (Wildman–Crippen LogP) is 7.23. The molecule has 202 valence electrons. The van der Waals surface area contributed by atoms with E-state index in [0.29, 0.717) is 16.6 Å². The van der Waals surface area contributed by atoms with Crippen molar-refractivity contribution in [1.29, 1.82) is 0 Å². The van der Waals surface area contributed by atoms with E-state index in [1.807, 2.05) is 19.1 Å². The zero-order valence-corrected chi connectivity index (χ0v) is 26.2. The van der Waals surface area contributed by atoms with Gasteiger partial charge in [0.1, 0.15) is 0 Å². The Balaban J connectivity index is 1.68. The molecule has 4 nitrogen and oxygen atoms in total. The third-order valence-corrected chi connectivity index (χ3v) is 14.9. The molecule has 1 aromatic carbocycles. The van der Waals surface area contributed by atoms with Crippen LogP contribution in [0.3, 0.4) is 0 Å². The van der Waals surface area contributed by atoms with Gasteiger partial charge in [0.2, 0.25) is 8.87 Å². The topological polar surface area (TPSA) is 68.3 Å². The quantitative estimate of drug-likeness (QED) is 0.138. The van der Waals surface area contributed by atoms with E-state index >= 15 is 0 Å². The fraction of sp³-hybridized carbons (Fsp3) is 0.760. The first kappa shape index (κ1) is 31.7. The lowest BCUT2D eigenvalue weighted by Crippen LogP contribution is -2.26. The van der Waals surface area contributed by atoms with Gasteiger partial charge in [-0.1, -0.05) is 71.4 Å². The Morgan fingerprint density at radius 3 is 2.09 bits per heavy atom. The lowest BCUT2D eigenvalue weighted by Gasteiger charge is -2.36. The largest absolute Gasteiger partial charge is 0.248 e. The molecule has 0 radical (unpaired) electrons. The summed E-state index contributed by atoms with van der Waals surface area (Å²) >= 11 is 0. The van der Waals surface area contributed by atoms with Crippen LogP contribution in [0.5, 0.6) is 0 Å². The third kappa shape index (κ3) is 13.2. The zero-order valence-electron chi connectivity index (χ0n) is 21.3. The standard InChI is InChI=1S/C25H42O4S6/c1-21-9-13-25(14-10-21)35(28,29)32-17-7-5-4-6-8-23-12-11-22(15-18-30-33(2)26)20-24(23)16-19-31-34(3)27/h9-10,13-14,22-24H,4-8,11-12,15-20H2,1-3H3.